The predicted octanol–water partition coefficient (Wildman–Crippen LogP) is 13.1. The van der Waals surface area contributed by atoms with Gasteiger partial charge in [-0.3, -0.25) is 28.8 Å². The van der Waals surface area contributed by atoms with Gasteiger partial charge in [-0.05, 0) is 148 Å². The average molecular weight is 1750 g/mol. The van der Waals surface area contributed by atoms with Gasteiger partial charge >= 0.3 is 40.4 Å². The summed E-state index contributed by atoms with van der Waals surface area (Å²) in [5.41, 5.74) is 13.7. The number of aromatic nitrogens is 2. The predicted molar refractivity (Wildman–Crippen MR) is 442 cm³/mol. The van der Waals surface area contributed by atoms with E-state index in [1.165, 1.54) is 0 Å². The first-order valence-electron chi connectivity index (χ1n) is 40.1. The number of anilines is 1. The van der Waals surface area contributed by atoms with Crippen LogP contribution in [0, 0.1) is 30.1 Å². The maximum atomic E-state index is 14.2. The standard InChI is InChI=1S/C66H95N7O19Si.C17H21NO2.CH4.BrH.Cu/c1-8-53-54-40-52(92-93(6,7)66(3,4)5)19-20-58(54)71-60-56(53)42-73-59(60)41-55-57(63(73)77)46-89-64(78)61(55)91-65(79)90-43-47-15-17-49(18-16-47)70-62(76)48(13-10-11-21-68-9-2)39-51(75)45-88-44-50(74)14-12-23-80-25-27-82-29-31-84-33-35-86-37-38-87-36-34-85-32-30-83-28-26-81-24-22-69-72-67;1-3-4-5-16(19)15-9-7-14(8-10-15)12-18-13(2)6-11-17(18)20;;;/h15-20,40-41,48,61,68H,8-14,21-39,42-46H2,1-7H3,(H,70,76);1,6,11,14-15H,2,4-5,7-10,12H2;1H4;1H;/q;;;;+1/p-1/i2T;;;;. The van der Waals surface area contributed by atoms with E-state index in [2.05, 4.69) is 102 Å². The van der Waals surface area contributed by atoms with Gasteiger partial charge in [0.2, 0.25) is 20.3 Å². The Morgan fingerprint density at radius 3 is 1.99 bits per heavy atom. The Hall–Kier alpha value is -7.54. The number of azide groups is 1. The number of ether oxygens (including phenoxy) is 12. The third kappa shape index (κ3) is 33.7. The number of benzene rings is 2. The van der Waals surface area contributed by atoms with Gasteiger partial charge in [0.15, 0.2) is 11.6 Å². The molecule has 0 bridgehead atoms. The molecule has 3 aliphatic heterocycles. The van der Waals surface area contributed by atoms with E-state index in [1.807, 2.05) is 18.2 Å². The number of rotatable bonds is 53. The molecule has 2 aromatic heterocycles. The Morgan fingerprint density at radius 1 is 0.802 bits per heavy atom. The number of hydrogen-bond donors (Lipinski definition) is 2. The van der Waals surface area contributed by atoms with Crippen LogP contribution in [0.1, 0.15) is 154 Å². The molecule has 2 aromatic carbocycles. The number of ketones is 3. The van der Waals surface area contributed by atoms with Crippen molar-refractivity contribution in [2.45, 2.75) is 169 Å². The first-order chi connectivity index (χ1) is 56.0. The molecule has 8 rings (SSSR count). The zero-order chi connectivity index (χ0) is 84.1. The van der Waals surface area contributed by atoms with Gasteiger partial charge in [-0.15, -0.1) is 12.3 Å². The molecule has 0 radical (unpaired) electrons. The summed E-state index contributed by atoms with van der Waals surface area (Å²) in [6.45, 7) is 25.1. The number of hydrogen-bond acceptors (Lipinski definition) is 24. The normalized spacial score (nSPS) is 15.7. The number of esters is 1. The topological polar surface area (TPSA) is 350 Å². The van der Waals surface area contributed by atoms with Crippen molar-refractivity contribution in [2.75, 3.05) is 150 Å². The summed E-state index contributed by atoms with van der Waals surface area (Å²) in [4.78, 5) is 113. The zero-order valence-corrected chi connectivity index (χ0v) is 70.9. The molecule has 644 valence electrons. The van der Waals surface area contributed by atoms with Gasteiger partial charge in [-0.2, -0.15) is 0 Å². The summed E-state index contributed by atoms with van der Waals surface area (Å²) < 4.78 is 81.2. The number of aryl methyl sites for hydroxylation is 1. The summed E-state index contributed by atoms with van der Waals surface area (Å²) in [5, 5.41) is 10.4. The van der Waals surface area contributed by atoms with Gasteiger partial charge in [0.1, 0.15) is 38.0 Å². The fraction of sp³-hybridized carbons (Fsp3) is 0.607. The summed E-state index contributed by atoms with van der Waals surface area (Å²) in [5.74, 6) is 1.86. The van der Waals surface area contributed by atoms with E-state index in [0.717, 1.165) is 72.1 Å². The molecule has 116 heavy (non-hydrogen) atoms. The van der Waals surface area contributed by atoms with Crippen LogP contribution in [0.4, 0.5) is 10.5 Å². The van der Waals surface area contributed by atoms with Crippen molar-refractivity contribution < 1.29 is 110 Å². The molecule has 29 nitrogen and oxygen atoms in total. The van der Waals surface area contributed by atoms with E-state index >= 15 is 0 Å². The van der Waals surface area contributed by atoms with Gasteiger partial charge in [0.25, 0.3) is 11.5 Å². The number of Topliss-reactive ketones (excluding diaryl/α,β-unsaturated/α-hetero) is 3. The first-order valence-corrected chi connectivity index (χ1v) is 44.6. The number of allylic oxidation sites excluding steroid dienone is 1. The Kier molecular flexibility index (Phi) is 45.7. The number of amides is 2. The summed E-state index contributed by atoms with van der Waals surface area (Å²) >= 11 is 6.50. The number of unbranched alkanes of at least 4 members (excludes halogenated alkanes) is 1. The van der Waals surface area contributed by atoms with Gasteiger partial charge in [0.05, 0.1) is 128 Å². The fourth-order valence-electron chi connectivity index (χ4n) is 12.9. The van der Waals surface area contributed by atoms with Crippen LogP contribution in [0.3, 0.4) is 0 Å². The van der Waals surface area contributed by atoms with Crippen LogP contribution < -0.4 is 20.6 Å². The number of nitrogens with one attached hydrogen (secondary N) is 2. The number of carbonyl (C=O) groups is 7. The molecule has 2 amide bonds. The molecule has 2 unspecified atom stereocenters. The third-order valence-corrected chi connectivity index (χ3v) is 24.4. The number of pyridine rings is 2. The Bertz CT molecular complexity index is 3980. The molecule has 0 spiro atoms. The van der Waals surface area contributed by atoms with Gasteiger partial charge in [-0.1, -0.05) is 72.3 Å². The van der Waals surface area contributed by atoms with Crippen molar-refractivity contribution in [3.05, 3.63) is 122 Å². The molecular formula is C84H120BrCuN8O21Si. The number of carbonyl (C=O) groups excluding carboxylic acids is 7. The zero-order valence-electron chi connectivity index (χ0n) is 68.4. The number of fused-ring (bicyclic) bond motifs is 5. The molecule has 0 saturated heterocycles. The van der Waals surface area contributed by atoms with Crippen LogP contribution in [0.2, 0.25) is 18.1 Å². The van der Waals surface area contributed by atoms with E-state index in [1.54, 1.807) is 52.0 Å². The molecule has 1 saturated carbocycles. The second-order valence-corrected chi connectivity index (χ2v) is 34.1. The molecule has 2 N–H and O–H groups in total. The van der Waals surface area contributed by atoms with E-state index in [-0.39, 0.29) is 111 Å². The number of halogens is 1. The van der Waals surface area contributed by atoms with Crippen molar-refractivity contribution in [1.29, 1.82) is 0 Å². The maximum absolute atomic E-state index is 14.2. The Labute approximate surface area is 700 Å². The monoisotopic (exact) mass is 1750 g/mol. The number of nitrogens with zero attached hydrogens (tertiary/aromatic N) is 6. The van der Waals surface area contributed by atoms with E-state index in [9.17, 15) is 38.4 Å². The van der Waals surface area contributed by atoms with Crippen LogP contribution in [-0.4, -0.2) is 209 Å². The Balaban J connectivity index is 0.000000913. The molecule has 2 atom stereocenters. The summed E-state index contributed by atoms with van der Waals surface area (Å²) in [6.07, 6.45) is 13.7. The Morgan fingerprint density at radius 2 is 1.41 bits per heavy atom. The van der Waals surface area contributed by atoms with Crippen molar-refractivity contribution in [1.82, 2.24) is 19.8 Å². The molecule has 4 aromatic rings. The van der Waals surface area contributed by atoms with E-state index in [0.29, 0.717) is 198 Å². The van der Waals surface area contributed by atoms with E-state index < -0.39 is 32.5 Å². The molecular weight excluding hydrogens is 1630 g/mol. The quantitative estimate of drug-likeness (QED) is 0.00694. The van der Waals surface area contributed by atoms with Gasteiger partial charge in [0, 0.05) is 97.5 Å². The third-order valence-electron chi connectivity index (χ3n) is 20.1. The van der Waals surface area contributed by atoms with Crippen LogP contribution >= 0.6 is 14.1 Å². The molecule has 4 aliphatic rings. The van der Waals surface area contributed by atoms with Crippen LogP contribution in [-0.2, 0) is 126 Å². The average Bonchev–Trinajstić information content (AvgIpc) is 1.58. The minimum atomic E-state index is -2.14. The molecule has 1 fully saturated rings. The van der Waals surface area contributed by atoms with E-state index in [4.69, 9.17) is 79.6 Å². The molecule has 5 heterocycles. The number of terminal acetylenes is 1. The summed E-state index contributed by atoms with van der Waals surface area (Å²) in [7, 11) is -2.14. The summed E-state index contributed by atoms with van der Waals surface area (Å²) in [6, 6.07) is 14.1. The number of cyclic esters (lactones) is 1. The minimum absolute atomic E-state index is 0. The van der Waals surface area contributed by atoms with Crippen molar-refractivity contribution in [2.24, 2.45) is 22.9 Å². The van der Waals surface area contributed by atoms with Crippen molar-refractivity contribution >= 4 is 80.3 Å². The fourth-order valence-corrected chi connectivity index (χ4v) is 13.9. The molecule has 32 heteroatoms. The van der Waals surface area contributed by atoms with Crippen LogP contribution in [0.5, 0.6) is 5.75 Å². The van der Waals surface area contributed by atoms with Crippen LogP contribution in [0.25, 0.3) is 32.7 Å². The SMILES string of the molecule is C.C#CCCC(=O)C1CCC(CN2C(=C)C=CC2=O)CC1.[3H]CCNCCCCC(CC(=O)COCC(=O)CCCOCCOCCOCCOCCOCCOCCOCCOCCN=[N+]=[N-])C(=O)Nc1ccc(COC(=O)OC2C(=O)OCc3c2cc2n(c3=O)Cc3c-2nc2ccc(O[Si](C)(C)C(C)(C)C)cc2c3CC)cc1.[Cu][Br]. The van der Waals surface area contributed by atoms with Gasteiger partial charge in [-0.25, -0.2) is 14.6 Å². The first kappa shape index (κ1) is 97.3. The van der Waals surface area contributed by atoms with Crippen molar-refractivity contribution in [3.63, 3.8) is 0 Å². The van der Waals surface area contributed by atoms with Crippen molar-refractivity contribution in [3.8, 4) is 29.5 Å². The second kappa shape index (κ2) is 54.5. The molecule has 1 aliphatic carbocycles. The second-order valence-electron chi connectivity index (χ2n) is 29.3. The van der Waals surface area contributed by atoms with Gasteiger partial charge < -0.3 is 81.4 Å². The van der Waals surface area contributed by atoms with Crippen LogP contribution in [0.15, 0.2) is 82.9 Å².